The second-order valence-corrected chi connectivity index (χ2v) is 6.14. The molecule has 0 radical (unpaired) electrons. The molecule has 6 nitrogen and oxygen atoms in total. The van der Waals surface area contributed by atoms with Gasteiger partial charge in [0.1, 0.15) is 5.75 Å². The lowest BCUT2D eigenvalue weighted by Gasteiger charge is -2.43. The molecule has 4 N–H and O–H groups in total. The number of ether oxygens (including phenoxy) is 1. The topological polar surface area (TPSA) is 89.3 Å². The molecule has 120 valence electrons. The molecule has 1 aromatic rings. The second-order valence-electron chi connectivity index (χ2n) is 6.14. The van der Waals surface area contributed by atoms with Gasteiger partial charge in [0.2, 0.25) is 5.91 Å². The van der Waals surface area contributed by atoms with Crippen LogP contribution in [0.3, 0.4) is 0 Å². The molecule has 2 aliphatic rings. The molecule has 0 bridgehead atoms. The van der Waals surface area contributed by atoms with Crippen molar-refractivity contribution in [2.45, 2.75) is 38.1 Å². The van der Waals surface area contributed by atoms with Crippen molar-refractivity contribution < 1.29 is 9.53 Å². The maximum Gasteiger partial charge on any atom is 0.237 e. The van der Waals surface area contributed by atoms with Gasteiger partial charge in [0.15, 0.2) is 0 Å². The van der Waals surface area contributed by atoms with E-state index in [4.69, 9.17) is 10.5 Å². The van der Waals surface area contributed by atoms with Crippen LogP contribution in [0.1, 0.15) is 37.7 Å². The highest BCUT2D eigenvalue weighted by Crippen LogP contribution is 2.42. The van der Waals surface area contributed by atoms with E-state index in [2.05, 4.69) is 21.9 Å². The van der Waals surface area contributed by atoms with Gasteiger partial charge < -0.3 is 10.5 Å². The Morgan fingerprint density at radius 2 is 2.27 bits per heavy atom. The predicted octanol–water partition coefficient (Wildman–Crippen LogP) is 0.942. The molecule has 1 saturated heterocycles. The molecule has 4 unspecified atom stereocenters. The summed E-state index contributed by atoms with van der Waals surface area (Å²) in [6, 6.07) is 2.23. The van der Waals surface area contributed by atoms with Gasteiger partial charge in [-0.25, -0.2) is 5.43 Å². The molecular weight excluding hydrogens is 280 g/mol. The predicted molar refractivity (Wildman–Crippen MR) is 83.1 cm³/mol. The number of nitrogens with two attached hydrogens (primary N) is 1. The minimum atomic E-state index is 0.0779. The highest BCUT2D eigenvalue weighted by molar-refractivity contribution is 5.79. The lowest BCUT2D eigenvalue weighted by atomic mass is 9.68. The Labute approximate surface area is 130 Å². The minimum Gasteiger partial charge on any atom is -0.492 e. The molecule has 0 spiro atoms. The third kappa shape index (κ3) is 2.94. The largest absolute Gasteiger partial charge is 0.492 e. The summed E-state index contributed by atoms with van der Waals surface area (Å²) in [6.45, 7) is 3.14. The van der Waals surface area contributed by atoms with Gasteiger partial charge in [0.25, 0.3) is 0 Å². The van der Waals surface area contributed by atoms with Crippen molar-refractivity contribution in [1.82, 2.24) is 15.8 Å². The summed E-state index contributed by atoms with van der Waals surface area (Å²) in [5.41, 5.74) is 12.9. The van der Waals surface area contributed by atoms with E-state index in [1.165, 1.54) is 5.56 Å². The number of carbonyl (C=O) groups is 1. The van der Waals surface area contributed by atoms with Crippen LogP contribution in [-0.2, 0) is 4.79 Å². The van der Waals surface area contributed by atoms with Crippen LogP contribution in [0.5, 0.6) is 5.75 Å². The number of hydrogen-bond donors (Lipinski definition) is 3. The van der Waals surface area contributed by atoms with Crippen molar-refractivity contribution in [3.8, 4) is 5.75 Å². The Morgan fingerprint density at radius 3 is 3.05 bits per heavy atom. The lowest BCUT2D eigenvalue weighted by Crippen LogP contribution is -2.62. The van der Waals surface area contributed by atoms with Crippen LogP contribution in [0, 0.1) is 11.8 Å². The molecule has 4 atom stereocenters. The fourth-order valence-electron chi connectivity index (χ4n) is 3.78. The second kappa shape index (κ2) is 6.62. The summed E-state index contributed by atoms with van der Waals surface area (Å²) in [6.07, 6.45) is 6.53. The van der Waals surface area contributed by atoms with Crippen molar-refractivity contribution in [3.63, 3.8) is 0 Å². The van der Waals surface area contributed by atoms with Gasteiger partial charge in [0, 0.05) is 24.7 Å². The quantitative estimate of drug-likeness (QED) is 0.770. The lowest BCUT2D eigenvalue weighted by molar-refractivity contribution is -0.133. The molecule has 3 rings (SSSR count). The van der Waals surface area contributed by atoms with Crippen molar-refractivity contribution in [3.05, 3.63) is 24.0 Å². The monoisotopic (exact) mass is 304 g/mol. The number of carbonyl (C=O) groups excluding carboxylic acids is 1. The highest BCUT2D eigenvalue weighted by Gasteiger charge is 2.42. The van der Waals surface area contributed by atoms with Crippen LogP contribution in [0.2, 0.25) is 0 Å². The first-order valence-electron chi connectivity index (χ1n) is 8.06. The van der Waals surface area contributed by atoms with E-state index >= 15 is 0 Å². The van der Waals surface area contributed by atoms with E-state index in [1.54, 1.807) is 6.20 Å². The first-order valence-corrected chi connectivity index (χ1v) is 8.06. The van der Waals surface area contributed by atoms with E-state index in [1.807, 2.05) is 13.1 Å². The Morgan fingerprint density at radius 1 is 1.41 bits per heavy atom. The number of amides is 1. The standard InChI is InChI=1S/C16H24N4O2/c1-2-22-12-5-11(8-18-9-12)10-3-4-13-14(6-10)15(7-17)19-20-16(13)21/h5,8-10,13-15,19H,2-4,6-7,17H2,1H3,(H,20,21). The van der Waals surface area contributed by atoms with Crippen molar-refractivity contribution in [1.29, 1.82) is 0 Å². The molecule has 1 saturated carbocycles. The summed E-state index contributed by atoms with van der Waals surface area (Å²) < 4.78 is 5.54. The van der Waals surface area contributed by atoms with Crippen LogP contribution in [0.25, 0.3) is 0 Å². The van der Waals surface area contributed by atoms with Crippen LogP contribution in [0.15, 0.2) is 18.5 Å². The zero-order valence-corrected chi connectivity index (χ0v) is 12.9. The summed E-state index contributed by atoms with van der Waals surface area (Å²) in [5, 5.41) is 0. The van der Waals surface area contributed by atoms with Crippen molar-refractivity contribution in [2.75, 3.05) is 13.2 Å². The van der Waals surface area contributed by atoms with Crippen LogP contribution in [-0.4, -0.2) is 30.1 Å². The number of aromatic nitrogens is 1. The molecule has 22 heavy (non-hydrogen) atoms. The zero-order chi connectivity index (χ0) is 15.5. The molecule has 1 aliphatic carbocycles. The number of pyridine rings is 1. The Kier molecular flexibility index (Phi) is 4.59. The smallest absolute Gasteiger partial charge is 0.237 e. The summed E-state index contributed by atoms with van der Waals surface area (Å²) in [5.74, 6) is 1.70. The number of hydrazine groups is 1. The number of nitrogens with one attached hydrogen (secondary N) is 2. The summed E-state index contributed by atoms with van der Waals surface area (Å²) in [4.78, 5) is 16.3. The van der Waals surface area contributed by atoms with Gasteiger partial charge in [-0.15, -0.1) is 0 Å². The Bertz CT molecular complexity index is 537. The number of fused-ring (bicyclic) bond motifs is 1. The third-order valence-electron chi connectivity index (χ3n) is 4.90. The SMILES string of the molecule is CCOc1cncc(C2CCC3C(=O)NNC(CN)C3C2)c1. The number of rotatable bonds is 4. The normalized spacial score (nSPS) is 31.3. The van der Waals surface area contributed by atoms with Crippen molar-refractivity contribution >= 4 is 5.91 Å². The third-order valence-corrected chi connectivity index (χ3v) is 4.90. The van der Waals surface area contributed by atoms with Gasteiger partial charge in [-0.05, 0) is 49.7 Å². The van der Waals surface area contributed by atoms with Crippen molar-refractivity contribution in [2.24, 2.45) is 17.6 Å². The van der Waals surface area contributed by atoms with Gasteiger partial charge in [-0.1, -0.05) is 0 Å². The zero-order valence-electron chi connectivity index (χ0n) is 12.9. The average Bonchev–Trinajstić information content (AvgIpc) is 2.55. The minimum absolute atomic E-state index is 0.0779. The fourth-order valence-corrected chi connectivity index (χ4v) is 3.78. The molecule has 0 aromatic carbocycles. The molecule has 1 amide bonds. The van der Waals surface area contributed by atoms with E-state index in [9.17, 15) is 4.79 Å². The molecule has 1 aliphatic heterocycles. The Balaban J connectivity index is 1.77. The molecule has 2 fully saturated rings. The summed E-state index contributed by atoms with van der Waals surface area (Å²) >= 11 is 0. The van der Waals surface area contributed by atoms with Gasteiger partial charge in [-0.3, -0.25) is 15.2 Å². The highest BCUT2D eigenvalue weighted by atomic mass is 16.5. The van der Waals surface area contributed by atoms with E-state index in [-0.39, 0.29) is 23.8 Å². The molecule has 1 aromatic heterocycles. The fraction of sp³-hybridized carbons (Fsp3) is 0.625. The molecule has 2 heterocycles. The summed E-state index contributed by atoms with van der Waals surface area (Å²) in [7, 11) is 0. The Hall–Kier alpha value is -1.66. The number of hydrogen-bond acceptors (Lipinski definition) is 5. The van der Waals surface area contributed by atoms with E-state index in [0.29, 0.717) is 19.1 Å². The first kappa shape index (κ1) is 15.2. The van der Waals surface area contributed by atoms with E-state index < -0.39 is 0 Å². The maximum absolute atomic E-state index is 12.0. The molecule has 6 heteroatoms. The van der Waals surface area contributed by atoms with Crippen LogP contribution >= 0.6 is 0 Å². The van der Waals surface area contributed by atoms with E-state index in [0.717, 1.165) is 25.0 Å². The van der Waals surface area contributed by atoms with Gasteiger partial charge >= 0.3 is 0 Å². The average molecular weight is 304 g/mol. The van der Waals surface area contributed by atoms with Gasteiger partial charge in [0.05, 0.1) is 12.8 Å². The first-order chi connectivity index (χ1) is 10.7. The maximum atomic E-state index is 12.0. The molecular formula is C16H24N4O2. The number of nitrogens with zero attached hydrogens (tertiary/aromatic N) is 1. The van der Waals surface area contributed by atoms with Crippen LogP contribution in [0.4, 0.5) is 0 Å². The van der Waals surface area contributed by atoms with Gasteiger partial charge in [-0.2, -0.15) is 0 Å². The van der Waals surface area contributed by atoms with Crippen LogP contribution < -0.4 is 21.3 Å².